The first-order chi connectivity index (χ1) is 9.15. The minimum Gasteiger partial charge on any atom is -0.489 e. The summed E-state index contributed by atoms with van der Waals surface area (Å²) in [6.45, 7) is 3.02. The van der Waals surface area contributed by atoms with Crippen molar-refractivity contribution in [3.63, 3.8) is 0 Å². The lowest BCUT2D eigenvalue weighted by atomic mass is 9.75. The molecular weight excluding hydrogens is 262 g/mol. The minimum absolute atomic E-state index is 0.255. The maximum absolute atomic E-state index is 9.95. The fourth-order valence-electron chi connectivity index (χ4n) is 2.40. The highest BCUT2D eigenvalue weighted by Crippen LogP contribution is 2.34. The van der Waals surface area contributed by atoms with Gasteiger partial charge in [0.25, 0.3) is 0 Å². The van der Waals surface area contributed by atoms with E-state index in [0.29, 0.717) is 17.3 Å². The Morgan fingerprint density at radius 1 is 1.42 bits per heavy atom. The van der Waals surface area contributed by atoms with Crippen molar-refractivity contribution in [2.45, 2.75) is 44.2 Å². The van der Waals surface area contributed by atoms with Gasteiger partial charge in [0.15, 0.2) is 0 Å². The van der Waals surface area contributed by atoms with E-state index in [-0.39, 0.29) is 12.1 Å². The number of halogens is 1. The maximum Gasteiger partial charge on any atom is 0.138 e. The van der Waals surface area contributed by atoms with Crippen molar-refractivity contribution >= 4 is 11.6 Å². The van der Waals surface area contributed by atoms with E-state index in [1.165, 1.54) is 19.3 Å². The molecule has 0 amide bonds. The predicted octanol–water partition coefficient (Wildman–Crippen LogP) is 3.00. The van der Waals surface area contributed by atoms with Crippen LogP contribution in [0.1, 0.15) is 32.6 Å². The number of nitrogens with one attached hydrogen (secondary N) is 1. The number of hydrogen-bond donors (Lipinski definition) is 2. The molecule has 0 bridgehead atoms. The van der Waals surface area contributed by atoms with E-state index in [1.807, 2.05) is 18.2 Å². The number of aliphatic hydroxyl groups excluding tert-OH is 1. The molecule has 3 nitrogen and oxygen atoms in total. The number of ether oxygens (including phenoxy) is 1. The summed E-state index contributed by atoms with van der Waals surface area (Å²) >= 11 is 5.99. The Morgan fingerprint density at radius 2 is 2.16 bits per heavy atom. The van der Waals surface area contributed by atoms with E-state index in [1.54, 1.807) is 6.07 Å². The van der Waals surface area contributed by atoms with Crippen molar-refractivity contribution in [1.82, 2.24) is 5.32 Å². The summed E-state index contributed by atoms with van der Waals surface area (Å²) in [5, 5.41) is 14.0. The lowest BCUT2D eigenvalue weighted by molar-refractivity contribution is 0.0812. The summed E-state index contributed by atoms with van der Waals surface area (Å²) in [6.07, 6.45) is 4.31. The molecule has 0 heterocycles. The summed E-state index contributed by atoms with van der Waals surface area (Å²) in [7, 11) is 0. The average molecular weight is 284 g/mol. The molecule has 1 unspecified atom stereocenters. The van der Waals surface area contributed by atoms with Gasteiger partial charge in [-0.3, -0.25) is 0 Å². The van der Waals surface area contributed by atoms with Crippen molar-refractivity contribution in [3.8, 4) is 5.75 Å². The fraction of sp³-hybridized carbons (Fsp3) is 0.600. The van der Waals surface area contributed by atoms with Crippen molar-refractivity contribution < 1.29 is 9.84 Å². The highest BCUT2D eigenvalue weighted by Gasteiger charge is 2.34. The molecule has 1 aliphatic rings. The highest BCUT2D eigenvalue weighted by atomic mass is 35.5. The second-order valence-electron chi connectivity index (χ2n) is 5.26. The van der Waals surface area contributed by atoms with Gasteiger partial charge in [-0.05, 0) is 37.8 Å². The lowest BCUT2D eigenvalue weighted by Gasteiger charge is -2.42. The Bertz CT molecular complexity index is 401. The smallest absolute Gasteiger partial charge is 0.138 e. The van der Waals surface area contributed by atoms with Crippen LogP contribution in [-0.4, -0.2) is 29.9 Å². The largest absolute Gasteiger partial charge is 0.489 e. The quantitative estimate of drug-likeness (QED) is 0.808. The van der Waals surface area contributed by atoms with Gasteiger partial charge in [0.05, 0.1) is 5.02 Å². The van der Waals surface area contributed by atoms with Gasteiger partial charge in [-0.15, -0.1) is 0 Å². The van der Waals surface area contributed by atoms with Gasteiger partial charge in [0.2, 0.25) is 0 Å². The SMILES string of the molecule is CCC1(NCC(O)COc2ccccc2Cl)CCC1. The van der Waals surface area contributed by atoms with E-state index >= 15 is 0 Å². The number of para-hydroxylation sites is 1. The predicted molar refractivity (Wildman–Crippen MR) is 77.8 cm³/mol. The van der Waals surface area contributed by atoms with Gasteiger partial charge < -0.3 is 15.2 Å². The van der Waals surface area contributed by atoms with Crippen molar-refractivity contribution in [2.24, 2.45) is 0 Å². The first-order valence-electron chi connectivity index (χ1n) is 6.96. The summed E-state index contributed by atoms with van der Waals surface area (Å²) in [6, 6.07) is 7.31. The number of rotatable bonds is 7. The van der Waals surface area contributed by atoms with Crippen LogP contribution in [0.25, 0.3) is 0 Å². The molecule has 0 aromatic heterocycles. The Labute approximate surface area is 119 Å². The standard InChI is InChI=1S/C15H22ClNO2/c1-2-15(8-5-9-15)17-10-12(18)11-19-14-7-4-3-6-13(14)16/h3-4,6-7,12,17-18H,2,5,8-11H2,1H3. The van der Waals surface area contributed by atoms with Crippen molar-refractivity contribution in [3.05, 3.63) is 29.3 Å². The number of hydrogen-bond acceptors (Lipinski definition) is 3. The molecule has 0 saturated heterocycles. The van der Waals surface area contributed by atoms with Crippen LogP contribution in [0.3, 0.4) is 0 Å². The van der Waals surface area contributed by atoms with Gasteiger partial charge >= 0.3 is 0 Å². The van der Waals surface area contributed by atoms with Gasteiger partial charge in [0.1, 0.15) is 18.5 Å². The van der Waals surface area contributed by atoms with Gasteiger partial charge in [0, 0.05) is 12.1 Å². The number of β-amino-alcohol motifs (C(OH)–C–C–N with tert-alkyl or cyclic N) is 1. The zero-order valence-corrected chi connectivity index (χ0v) is 12.1. The van der Waals surface area contributed by atoms with Crippen LogP contribution in [0.15, 0.2) is 24.3 Å². The fourth-order valence-corrected chi connectivity index (χ4v) is 2.59. The molecule has 1 atom stereocenters. The Hall–Kier alpha value is -0.770. The molecular formula is C15H22ClNO2. The monoisotopic (exact) mass is 283 g/mol. The Kier molecular flexibility index (Phi) is 5.08. The maximum atomic E-state index is 9.95. The van der Waals surface area contributed by atoms with E-state index < -0.39 is 6.10 Å². The molecule has 0 radical (unpaired) electrons. The minimum atomic E-state index is -0.514. The molecule has 106 valence electrons. The molecule has 0 aliphatic heterocycles. The average Bonchev–Trinajstić information content (AvgIpc) is 2.37. The van der Waals surface area contributed by atoms with Crippen LogP contribution in [0.5, 0.6) is 5.75 Å². The van der Waals surface area contributed by atoms with Crippen molar-refractivity contribution in [2.75, 3.05) is 13.2 Å². The van der Waals surface area contributed by atoms with Crippen molar-refractivity contribution in [1.29, 1.82) is 0 Å². The van der Waals surface area contributed by atoms with Crippen LogP contribution in [0, 0.1) is 0 Å². The zero-order valence-electron chi connectivity index (χ0n) is 11.4. The third kappa shape index (κ3) is 3.85. The number of benzene rings is 1. The molecule has 0 spiro atoms. The molecule has 1 aliphatic carbocycles. The summed E-state index contributed by atoms with van der Waals surface area (Å²) in [4.78, 5) is 0. The molecule has 1 aromatic rings. The van der Waals surface area contributed by atoms with Gasteiger partial charge in [-0.1, -0.05) is 30.7 Å². The van der Waals surface area contributed by atoms with E-state index in [9.17, 15) is 5.11 Å². The third-order valence-electron chi connectivity index (χ3n) is 3.97. The van der Waals surface area contributed by atoms with Crippen LogP contribution < -0.4 is 10.1 Å². The topological polar surface area (TPSA) is 41.5 Å². The van der Waals surface area contributed by atoms with Crippen LogP contribution in [0.4, 0.5) is 0 Å². The van der Waals surface area contributed by atoms with Crippen LogP contribution >= 0.6 is 11.6 Å². The molecule has 4 heteroatoms. The molecule has 1 fully saturated rings. The number of aliphatic hydroxyl groups is 1. The third-order valence-corrected chi connectivity index (χ3v) is 4.28. The van der Waals surface area contributed by atoms with Crippen LogP contribution in [-0.2, 0) is 0 Å². The highest BCUT2D eigenvalue weighted by molar-refractivity contribution is 6.32. The van der Waals surface area contributed by atoms with E-state index in [0.717, 1.165) is 6.42 Å². The van der Waals surface area contributed by atoms with E-state index in [2.05, 4.69) is 12.2 Å². The lowest BCUT2D eigenvalue weighted by Crippen LogP contribution is -2.53. The second kappa shape index (κ2) is 6.60. The second-order valence-corrected chi connectivity index (χ2v) is 5.67. The van der Waals surface area contributed by atoms with Crippen LogP contribution in [0.2, 0.25) is 5.02 Å². The molecule has 1 saturated carbocycles. The molecule has 1 aromatic carbocycles. The Balaban J connectivity index is 1.73. The summed E-state index contributed by atoms with van der Waals surface area (Å²) < 4.78 is 5.53. The molecule has 19 heavy (non-hydrogen) atoms. The molecule has 2 N–H and O–H groups in total. The summed E-state index contributed by atoms with van der Waals surface area (Å²) in [5.41, 5.74) is 0.255. The molecule has 2 rings (SSSR count). The van der Waals surface area contributed by atoms with Gasteiger partial charge in [-0.25, -0.2) is 0 Å². The first-order valence-corrected chi connectivity index (χ1v) is 7.33. The normalized spacial score (nSPS) is 18.7. The zero-order chi connectivity index (χ0) is 13.7. The Morgan fingerprint density at radius 3 is 2.74 bits per heavy atom. The van der Waals surface area contributed by atoms with E-state index in [4.69, 9.17) is 16.3 Å². The summed E-state index contributed by atoms with van der Waals surface area (Å²) in [5.74, 6) is 0.622. The van der Waals surface area contributed by atoms with Gasteiger partial charge in [-0.2, -0.15) is 0 Å². The first kappa shape index (κ1) is 14.6.